The van der Waals surface area contributed by atoms with Gasteiger partial charge in [0.2, 0.25) is 5.91 Å². The van der Waals surface area contributed by atoms with Crippen LogP contribution < -0.4 is 4.90 Å². The van der Waals surface area contributed by atoms with Crippen molar-refractivity contribution in [2.45, 2.75) is 6.92 Å². The average Bonchev–Trinajstić information content (AvgIpc) is 2.91. The van der Waals surface area contributed by atoms with E-state index in [0.29, 0.717) is 21.8 Å². The zero-order valence-corrected chi connectivity index (χ0v) is 14.4. The monoisotopic (exact) mass is 365 g/mol. The number of nitrogens with zero attached hydrogens (tertiary/aromatic N) is 3. The number of fused-ring (bicyclic) bond motifs is 2. The zero-order valence-electron chi connectivity index (χ0n) is 13.6. The summed E-state index contributed by atoms with van der Waals surface area (Å²) in [6, 6.07) is 9.85. The Hall–Kier alpha value is -3.25. The quantitative estimate of drug-likeness (QED) is 0.526. The number of rotatable bonds is 1. The van der Waals surface area contributed by atoms with Crippen LogP contribution >= 0.6 is 11.6 Å². The number of amides is 2. The molecule has 2 aromatic carbocycles. The van der Waals surface area contributed by atoms with E-state index in [4.69, 9.17) is 11.6 Å². The van der Waals surface area contributed by atoms with E-state index in [1.807, 2.05) is 0 Å². The van der Waals surface area contributed by atoms with E-state index in [1.165, 1.54) is 19.3 Å². The van der Waals surface area contributed by atoms with Gasteiger partial charge in [-0.3, -0.25) is 9.59 Å². The lowest BCUT2D eigenvalue weighted by Crippen LogP contribution is -2.31. The number of hydrogen-bond donors (Lipinski definition) is 1. The van der Waals surface area contributed by atoms with Crippen molar-refractivity contribution in [1.82, 2.24) is 9.97 Å². The van der Waals surface area contributed by atoms with Crippen LogP contribution in [0.2, 0.25) is 5.02 Å². The van der Waals surface area contributed by atoms with Crippen molar-refractivity contribution >= 4 is 51.3 Å². The van der Waals surface area contributed by atoms with E-state index < -0.39 is 11.8 Å². The molecule has 1 N–H and O–H groups in total. The Bertz CT molecular complexity index is 1120. The second-order valence-electron chi connectivity index (χ2n) is 5.84. The Labute approximate surface area is 153 Å². The largest absolute Gasteiger partial charge is 0.506 e. The molecule has 1 aliphatic rings. The van der Waals surface area contributed by atoms with Gasteiger partial charge in [-0.2, -0.15) is 0 Å². The number of aromatic nitrogens is 2. The van der Waals surface area contributed by atoms with Gasteiger partial charge >= 0.3 is 0 Å². The van der Waals surface area contributed by atoms with Crippen molar-refractivity contribution in [3.63, 3.8) is 0 Å². The van der Waals surface area contributed by atoms with Gasteiger partial charge < -0.3 is 5.11 Å². The third kappa shape index (κ3) is 2.43. The molecule has 0 spiro atoms. The predicted octanol–water partition coefficient (Wildman–Crippen LogP) is 3.60. The average molecular weight is 366 g/mol. The molecule has 0 radical (unpaired) electrons. The molecular weight excluding hydrogens is 354 g/mol. The number of anilines is 1. The standard InChI is InChI=1S/C19H12ClN3O3/c1-10(24)23-16-7-13(20)3-4-14(16)17(19(23)26)18(25)11-2-5-15-12(6-11)8-21-9-22-15/h2-9,25H,1H3. The maximum absolute atomic E-state index is 12.8. The molecule has 0 saturated carbocycles. The lowest BCUT2D eigenvalue weighted by Gasteiger charge is -2.12. The number of benzene rings is 2. The molecule has 1 aromatic heterocycles. The molecule has 6 nitrogen and oxygen atoms in total. The summed E-state index contributed by atoms with van der Waals surface area (Å²) in [5.74, 6) is -1.25. The van der Waals surface area contributed by atoms with Crippen molar-refractivity contribution in [2.24, 2.45) is 0 Å². The molecule has 0 atom stereocenters. The van der Waals surface area contributed by atoms with Gasteiger partial charge in [-0.05, 0) is 30.3 Å². The SMILES string of the molecule is CC(=O)N1C(=O)C(=C(O)c2ccc3ncncc3c2)c2ccc(Cl)cc21. The number of carbonyl (C=O) groups is 2. The van der Waals surface area contributed by atoms with Crippen LogP contribution in [0.5, 0.6) is 0 Å². The van der Waals surface area contributed by atoms with Gasteiger partial charge in [0.25, 0.3) is 5.91 Å². The molecule has 128 valence electrons. The molecule has 1 aliphatic heterocycles. The van der Waals surface area contributed by atoms with Crippen molar-refractivity contribution in [1.29, 1.82) is 0 Å². The third-order valence-electron chi connectivity index (χ3n) is 4.22. The summed E-state index contributed by atoms with van der Waals surface area (Å²) in [7, 11) is 0. The summed E-state index contributed by atoms with van der Waals surface area (Å²) >= 11 is 6.01. The molecule has 0 saturated heterocycles. The highest BCUT2D eigenvalue weighted by Crippen LogP contribution is 2.41. The Morgan fingerprint density at radius 3 is 2.77 bits per heavy atom. The van der Waals surface area contributed by atoms with E-state index in [2.05, 4.69) is 9.97 Å². The van der Waals surface area contributed by atoms with Gasteiger partial charge in [0.15, 0.2) is 0 Å². The molecule has 0 fully saturated rings. The van der Waals surface area contributed by atoms with E-state index in [-0.39, 0.29) is 11.3 Å². The normalized spacial score (nSPS) is 15.3. The van der Waals surface area contributed by atoms with Gasteiger partial charge in [-0.1, -0.05) is 17.7 Å². The minimum Gasteiger partial charge on any atom is -0.506 e. The van der Waals surface area contributed by atoms with Crippen LogP contribution in [0.1, 0.15) is 18.1 Å². The number of halogens is 1. The van der Waals surface area contributed by atoms with E-state index >= 15 is 0 Å². The van der Waals surface area contributed by atoms with Crippen molar-refractivity contribution in [2.75, 3.05) is 4.90 Å². The first-order chi connectivity index (χ1) is 12.5. The predicted molar refractivity (Wildman–Crippen MR) is 98.6 cm³/mol. The first kappa shape index (κ1) is 16.2. The van der Waals surface area contributed by atoms with Gasteiger partial charge in [-0.25, -0.2) is 14.9 Å². The maximum Gasteiger partial charge on any atom is 0.269 e. The second kappa shape index (κ2) is 5.93. The van der Waals surface area contributed by atoms with Crippen molar-refractivity contribution < 1.29 is 14.7 Å². The number of aliphatic hydroxyl groups is 1. The molecular formula is C19H12ClN3O3. The lowest BCUT2D eigenvalue weighted by atomic mass is 10.0. The van der Waals surface area contributed by atoms with Crippen LogP contribution in [0.15, 0.2) is 48.9 Å². The Morgan fingerprint density at radius 1 is 1.19 bits per heavy atom. The summed E-state index contributed by atoms with van der Waals surface area (Å²) < 4.78 is 0. The van der Waals surface area contributed by atoms with Gasteiger partial charge in [0.05, 0.1) is 16.8 Å². The fourth-order valence-electron chi connectivity index (χ4n) is 3.06. The summed E-state index contributed by atoms with van der Waals surface area (Å²) in [5, 5.41) is 11.9. The van der Waals surface area contributed by atoms with Crippen LogP contribution in [0.4, 0.5) is 5.69 Å². The first-order valence-corrected chi connectivity index (χ1v) is 8.13. The van der Waals surface area contributed by atoms with Crippen LogP contribution in [-0.2, 0) is 9.59 Å². The molecule has 2 amide bonds. The van der Waals surface area contributed by atoms with E-state index in [1.54, 1.807) is 36.5 Å². The van der Waals surface area contributed by atoms with Crippen molar-refractivity contribution in [3.8, 4) is 0 Å². The lowest BCUT2D eigenvalue weighted by molar-refractivity contribution is -0.122. The maximum atomic E-state index is 12.8. The van der Waals surface area contributed by atoms with Crippen LogP contribution in [0.3, 0.4) is 0 Å². The Balaban J connectivity index is 1.95. The molecule has 0 aliphatic carbocycles. The third-order valence-corrected chi connectivity index (χ3v) is 4.45. The summed E-state index contributed by atoms with van der Waals surface area (Å²) in [6.07, 6.45) is 3.06. The number of imide groups is 1. The highest BCUT2D eigenvalue weighted by atomic mass is 35.5. The van der Waals surface area contributed by atoms with E-state index in [0.717, 1.165) is 15.8 Å². The van der Waals surface area contributed by atoms with E-state index in [9.17, 15) is 14.7 Å². The fourth-order valence-corrected chi connectivity index (χ4v) is 3.22. The molecule has 7 heteroatoms. The number of aliphatic hydroxyl groups excluding tert-OH is 1. The van der Waals surface area contributed by atoms with Gasteiger partial charge in [0.1, 0.15) is 12.1 Å². The minimum atomic E-state index is -0.586. The van der Waals surface area contributed by atoms with Gasteiger partial charge in [-0.15, -0.1) is 0 Å². The highest BCUT2D eigenvalue weighted by molar-refractivity contribution is 6.43. The smallest absolute Gasteiger partial charge is 0.269 e. The second-order valence-corrected chi connectivity index (χ2v) is 6.28. The van der Waals surface area contributed by atoms with Crippen LogP contribution in [-0.4, -0.2) is 26.9 Å². The molecule has 26 heavy (non-hydrogen) atoms. The fraction of sp³-hybridized carbons (Fsp3) is 0.0526. The van der Waals surface area contributed by atoms with Crippen molar-refractivity contribution in [3.05, 3.63) is 65.1 Å². The minimum absolute atomic E-state index is 0.0584. The van der Waals surface area contributed by atoms with Crippen LogP contribution in [0, 0.1) is 0 Å². The summed E-state index contributed by atoms with van der Waals surface area (Å²) in [6.45, 7) is 1.29. The Kier molecular flexibility index (Phi) is 3.70. The number of hydrogen-bond acceptors (Lipinski definition) is 5. The summed E-state index contributed by atoms with van der Waals surface area (Å²) in [4.78, 5) is 33.9. The number of carbonyl (C=O) groups excluding carboxylic acids is 2. The molecule has 4 rings (SSSR count). The van der Waals surface area contributed by atoms with Crippen LogP contribution in [0.25, 0.3) is 22.2 Å². The molecule has 0 bridgehead atoms. The van der Waals surface area contributed by atoms with Gasteiger partial charge in [0, 0.05) is 34.7 Å². The summed E-state index contributed by atoms with van der Waals surface area (Å²) in [5.41, 5.74) is 2.03. The molecule has 2 heterocycles. The molecule has 3 aromatic rings. The zero-order chi connectivity index (χ0) is 18.4. The Morgan fingerprint density at radius 2 is 2.00 bits per heavy atom. The molecule has 0 unspecified atom stereocenters. The topological polar surface area (TPSA) is 83.4 Å². The first-order valence-electron chi connectivity index (χ1n) is 7.75. The highest BCUT2D eigenvalue weighted by Gasteiger charge is 2.37.